The first-order valence-corrected chi connectivity index (χ1v) is 7.44. The Hall–Kier alpha value is -3.23. The van der Waals surface area contributed by atoms with Gasteiger partial charge in [-0.15, -0.1) is 0 Å². The third-order valence-electron chi connectivity index (χ3n) is 3.73. The van der Waals surface area contributed by atoms with Gasteiger partial charge >= 0.3 is 5.97 Å². The molecule has 0 saturated carbocycles. The molecule has 0 radical (unpaired) electrons. The van der Waals surface area contributed by atoms with Crippen LogP contribution in [0.25, 0.3) is 0 Å². The highest BCUT2D eigenvalue weighted by atomic mass is 19.2. The Kier molecular flexibility index (Phi) is 6.10. The quantitative estimate of drug-likeness (QED) is 0.306. The molecule has 3 nitrogen and oxygen atoms in total. The van der Waals surface area contributed by atoms with Crippen LogP contribution in [-0.4, -0.2) is 12.6 Å². The van der Waals surface area contributed by atoms with E-state index in [1.54, 1.807) is 0 Å². The third kappa shape index (κ3) is 3.37. The van der Waals surface area contributed by atoms with Gasteiger partial charge in [-0.05, 0) is 6.92 Å². The van der Waals surface area contributed by atoms with Crippen LogP contribution < -0.4 is 0 Å². The normalized spacial score (nSPS) is 11.9. The van der Waals surface area contributed by atoms with Crippen LogP contribution in [0.5, 0.6) is 0 Å². The number of halogens is 9. The molecular formula is C17H6F9NO2. The standard InChI is InChI=1S/C17H6F9NO2/c1-2-29-17(28)7-12(22)8(18)5(9(19)13(7)23)4(3-27)6-10(20)14(24)16(26)15(25)11(6)21/h4H,2H2,1H3. The number of nitriles is 1. The van der Waals surface area contributed by atoms with Gasteiger partial charge < -0.3 is 4.74 Å². The molecule has 12 heteroatoms. The minimum Gasteiger partial charge on any atom is -0.462 e. The predicted molar refractivity (Wildman–Crippen MR) is 75.9 cm³/mol. The summed E-state index contributed by atoms with van der Waals surface area (Å²) in [7, 11) is 0. The summed E-state index contributed by atoms with van der Waals surface area (Å²) in [5.74, 6) is -27.5. The van der Waals surface area contributed by atoms with Gasteiger partial charge in [-0.2, -0.15) is 5.26 Å². The largest absolute Gasteiger partial charge is 0.462 e. The zero-order valence-corrected chi connectivity index (χ0v) is 13.9. The number of esters is 1. The molecule has 1 unspecified atom stereocenters. The summed E-state index contributed by atoms with van der Waals surface area (Å²) in [5.41, 5.74) is -5.89. The topological polar surface area (TPSA) is 50.1 Å². The van der Waals surface area contributed by atoms with Gasteiger partial charge in [0, 0.05) is 0 Å². The second-order valence-corrected chi connectivity index (χ2v) is 5.31. The van der Waals surface area contributed by atoms with Crippen LogP contribution >= 0.6 is 0 Å². The molecule has 2 aromatic rings. The van der Waals surface area contributed by atoms with Crippen LogP contribution in [0.1, 0.15) is 34.3 Å². The van der Waals surface area contributed by atoms with E-state index in [4.69, 9.17) is 5.26 Å². The summed E-state index contributed by atoms with van der Waals surface area (Å²) in [6, 6.07) is 0.835. The van der Waals surface area contributed by atoms with E-state index in [2.05, 4.69) is 4.74 Å². The van der Waals surface area contributed by atoms with Crippen LogP contribution in [-0.2, 0) is 4.74 Å². The summed E-state index contributed by atoms with van der Waals surface area (Å²) >= 11 is 0. The molecule has 0 aromatic heterocycles. The maximum Gasteiger partial charge on any atom is 0.344 e. The lowest BCUT2D eigenvalue weighted by Crippen LogP contribution is -2.19. The van der Waals surface area contributed by atoms with Crippen LogP contribution in [0, 0.1) is 63.7 Å². The summed E-state index contributed by atoms with van der Waals surface area (Å²) in [6.45, 7) is 0.748. The van der Waals surface area contributed by atoms with Gasteiger partial charge in [-0.3, -0.25) is 0 Å². The van der Waals surface area contributed by atoms with Crippen LogP contribution in [0.4, 0.5) is 39.5 Å². The molecular weight excluding hydrogens is 421 g/mol. The van der Waals surface area contributed by atoms with Crippen molar-refractivity contribution >= 4 is 5.97 Å². The zero-order valence-electron chi connectivity index (χ0n) is 13.9. The highest BCUT2D eigenvalue weighted by Crippen LogP contribution is 2.37. The molecule has 0 bridgehead atoms. The minimum atomic E-state index is -3.00. The fourth-order valence-corrected chi connectivity index (χ4v) is 2.43. The Labute approximate surface area is 155 Å². The predicted octanol–water partition coefficient (Wildman–Crippen LogP) is 4.77. The third-order valence-corrected chi connectivity index (χ3v) is 3.73. The number of hydrogen-bond acceptors (Lipinski definition) is 3. The Morgan fingerprint density at radius 3 is 1.45 bits per heavy atom. The Morgan fingerprint density at radius 1 is 0.759 bits per heavy atom. The summed E-state index contributed by atoms with van der Waals surface area (Å²) in [4.78, 5) is 11.5. The van der Waals surface area contributed by atoms with E-state index in [1.807, 2.05) is 0 Å². The second kappa shape index (κ2) is 8.02. The monoisotopic (exact) mass is 427 g/mol. The first-order chi connectivity index (χ1) is 13.5. The highest BCUT2D eigenvalue weighted by molar-refractivity contribution is 5.90. The minimum absolute atomic E-state index is 0.450. The fourth-order valence-electron chi connectivity index (χ4n) is 2.43. The van der Waals surface area contributed by atoms with Gasteiger partial charge in [-0.25, -0.2) is 44.3 Å². The molecule has 0 aliphatic carbocycles. The van der Waals surface area contributed by atoms with Gasteiger partial charge in [0.05, 0.1) is 23.8 Å². The van der Waals surface area contributed by atoms with Gasteiger partial charge in [0.25, 0.3) is 0 Å². The lowest BCUT2D eigenvalue weighted by molar-refractivity contribution is 0.0512. The Morgan fingerprint density at radius 2 is 1.10 bits per heavy atom. The number of ether oxygens (including phenoxy) is 1. The molecule has 0 amide bonds. The van der Waals surface area contributed by atoms with E-state index in [-0.39, 0.29) is 0 Å². The van der Waals surface area contributed by atoms with Crippen molar-refractivity contribution in [1.82, 2.24) is 0 Å². The van der Waals surface area contributed by atoms with Crippen LogP contribution in [0.2, 0.25) is 0 Å². The van der Waals surface area contributed by atoms with E-state index >= 15 is 0 Å². The number of carbonyl (C=O) groups excluding carboxylic acids is 1. The van der Waals surface area contributed by atoms with Crippen molar-refractivity contribution < 1.29 is 49.0 Å². The molecule has 0 aliphatic heterocycles. The van der Waals surface area contributed by atoms with E-state index < -0.39 is 87.5 Å². The fraction of sp³-hybridized carbons (Fsp3) is 0.176. The maximum atomic E-state index is 14.3. The van der Waals surface area contributed by atoms with Gasteiger partial charge in [0.1, 0.15) is 11.5 Å². The molecule has 0 fully saturated rings. The van der Waals surface area contributed by atoms with Gasteiger partial charge in [0.15, 0.2) is 46.5 Å². The first-order valence-electron chi connectivity index (χ1n) is 7.44. The van der Waals surface area contributed by atoms with Crippen LogP contribution in [0.3, 0.4) is 0 Å². The molecule has 154 valence electrons. The number of benzene rings is 2. The molecule has 0 heterocycles. The van der Waals surface area contributed by atoms with Gasteiger partial charge in [-0.1, -0.05) is 0 Å². The van der Waals surface area contributed by atoms with E-state index in [0.717, 1.165) is 6.07 Å². The lowest BCUT2D eigenvalue weighted by Gasteiger charge is -2.17. The number of rotatable bonds is 4. The Balaban J connectivity index is 2.88. The molecule has 0 N–H and O–H groups in total. The van der Waals surface area contributed by atoms with E-state index in [0.29, 0.717) is 0 Å². The van der Waals surface area contributed by atoms with Crippen molar-refractivity contribution in [2.24, 2.45) is 0 Å². The SMILES string of the molecule is CCOC(=O)c1c(F)c(F)c(C(C#N)c2c(F)c(F)c(F)c(F)c2F)c(F)c1F. The number of carbonyl (C=O) groups is 1. The van der Waals surface area contributed by atoms with Crippen molar-refractivity contribution in [3.8, 4) is 6.07 Å². The molecule has 0 saturated heterocycles. The molecule has 29 heavy (non-hydrogen) atoms. The van der Waals surface area contributed by atoms with Crippen molar-refractivity contribution in [2.75, 3.05) is 6.61 Å². The lowest BCUT2D eigenvalue weighted by atomic mass is 9.89. The number of nitrogens with zero attached hydrogens (tertiary/aromatic N) is 1. The summed E-state index contributed by atoms with van der Waals surface area (Å²) < 4.78 is 129. The maximum absolute atomic E-state index is 14.3. The first kappa shape index (κ1) is 22.1. The molecule has 2 rings (SSSR count). The smallest absolute Gasteiger partial charge is 0.344 e. The zero-order chi connectivity index (χ0) is 22.2. The average Bonchev–Trinajstić information content (AvgIpc) is 2.68. The Bertz CT molecular complexity index is 1000. The highest BCUT2D eigenvalue weighted by Gasteiger charge is 2.38. The number of hydrogen-bond donors (Lipinski definition) is 0. The van der Waals surface area contributed by atoms with Crippen molar-refractivity contribution in [3.05, 3.63) is 69.0 Å². The van der Waals surface area contributed by atoms with Crippen molar-refractivity contribution in [3.63, 3.8) is 0 Å². The van der Waals surface area contributed by atoms with Gasteiger partial charge in [0.2, 0.25) is 5.82 Å². The van der Waals surface area contributed by atoms with Crippen molar-refractivity contribution in [1.29, 1.82) is 5.26 Å². The second-order valence-electron chi connectivity index (χ2n) is 5.31. The van der Waals surface area contributed by atoms with Crippen molar-refractivity contribution in [2.45, 2.75) is 12.8 Å². The average molecular weight is 427 g/mol. The van der Waals surface area contributed by atoms with Crippen LogP contribution in [0.15, 0.2) is 0 Å². The molecule has 1 atom stereocenters. The summed E-state index contributed by atoms with van der Waals surface area (Å²) in [6.07, 6.45) is 0. The summed E-state index contributed by atoms with van der Waals surface area (Å²) in [5, 5.41) is 9.03. The molecule has 2 aromatic carbocycles. The van der Waals surface area contributed by atoms with E-state index in [1.165, 1.54) is 6.92 Å². The van der Waals surface area contributed by atoms with E-state index in [9.17, 15) is 44.3 Å². The molecule has 0 aliphatic rings. The molecule has 0 spiro atoms.